The van der Waals surface area contributed by atoms with Crippen molar-refractivity contribution in [2.24, 2.45) is 56.7 Å². The molecular weight excluding hydrogens is 384 g/mol. The van der Waals surface area contributed by atoms with E-state index in [-0.39, 0.29) is 22.3 Å². The van der Waals surface area contributed by atoms with E-state index in [4.69, 9.17) is 0 Å². The smallest absolute Gasteiger partial charge is 0.309 e. The Morgan fingerprint density at radius 1 is 0.774 bits per heavy atom. The predicted molar refractivity (Wildman–Crippen MR) is 123 cm³/mol. The van der Waals surface area contributed by atoms with Crippen molar-refractivity contribution >= 4 is 5.97 Å². The van der Waals surface area contributed by atoms with Crippen LogP contribution in [0.4, 0.5) is 0 Å². The lowest BCUT2D eigenvalue weighted by atomic mass is 9.32. The highest BCUT2D eigenvalue weighted by molar-refractivity contribution is 5.76. The van der Waals surface area contributed by atoms with Gasteiger partial charge in [0.05, 0.1) is 11.5 Å². The highest BCUT2D eigenvalue weighted by atomic mass is 16.4. The monoisotopic (exact) mass is 430 g/mol. The summed E-state index contributed by atoms with van der Waals surface area (Å²) >= 11 is 0. The lowest BCUT2D eigenvalue weighted by Gasteiger charge is -2.72. The van der Waals surface area contributed by atoms with E-state index in [1.54, 1.807) is 0 Å². The molecule has 0 saturated heterocycles. The van der Waals surface area contributed by atoms with E-state index < -0.39 is 11.4 Å². The van der Waals surface area contributed by atoms with Crippen molar-refractivity contribution in [2.45, 2.75) is 112 Å². The molecule has 5 saturated carbocycles. The fourth-order valence-corrected chi connectivity index (χ4v) is 11.3. The van der Waals surface area contributed by atoms with Crippen LogP contribution in [-0.2, 0) is 4.79 Å². The molecule has 5 rings (SSSR count). The zero-order valence-electron chi connectivity index (χ0n) is 20.8. The number of hydrogen-bond donors (Lipinski definition) is 2. The number of aliphatic hydroxyl groups is 1. The summed E-state index contributed by atoms with van der Waals surface area (Å²) in [4.78, 5) is 12.6. The molecule has 0 aromatic rings. The average Bonchev–Trinajstić information content (AvgIpc) is 3.04. The normalized spacial score (nSPS) is 57.9. The minimum Gasteiger partial charge on any atom is -0.481 e. The van der Waals surface area contributed by atoms with E-state index in [1.165, 1.54) is 25.7 Å². The molecule has 3 nitrogen and oxygen atoms in total. The van der Waals surface area contributed by atoms with Crippen LogP contribution in [0, 0.1) is 56.7 Å². The Morgan fingerprint density at radius 2 is 1.48 bits per heavy atom. The second kappa shape index (κ2) is 6.51. The summed E-state index contributed by atoms with van der Waals surface area (Å²) in [5.41, 5.74) is 0.368. The number of carbonyl (C=O) groups is 1. The standard InChI is InChI=1S/C28H46O3/c1-17-9-14-28(23(30)31)16-15-26(5)18(22(17)28)7-8-20-25(4)12-11-21(29)24(2,3)19(25)10-13-27(20,26)6/h17-22,29H,7-16H2,1-6H3,(H,30,31)/t17-,18-,19+,20-,21+,22-,25+,26-,27-,28+/m1/s1. The predicted octanol–water partition coefficient (Wildman–Crippen LogP) is 6.53. The first-order valence-electron chi connectivity index (χ1n) is 13.3. The molecular formula is C28H46O3. The van der Waals surface area contributed by atoms with Crippen LogP contribution >= 0.6 is 0 Å². The maximum Gasteiger partial charge on any atom is 0.309 e. The first kappa shape index (κ1) is 22.2. The van der Waals surface area contributed by atoms with Gasteiger partial charge >= 0.3 is 5.97 Å². The summed E-state index contributed by atoms with van der Waals surface area (Å²) in [6.07, 6.45) is 10.8. The van der Waals surface area contributed by atoms with Gasteiger partial charge in [-0.05, 0) is 115 Å². The molecule has 5 aliphatic carbocycles. The lowest BCUT2D eigenvalue weighted by molar-refractivity contribution is -0.248. The summed E-state index contributed by atoms with van der Waals surface area (Å²) < 4.78 is 0. The molecule has 0 bridgehead atoms. The van der Waals surface area contributed by atoms with Gasteiger partial charge in [0.1, 0.15) is 0 Å². The zero-order chi connectivity index (χ0) is 22.6. The van der Waals surface area contributed by atoms with E-state index in [9.17, 15) is 15.0 Å². The van der Waals surface area contributed by atoms with Gasteiger partial charge in [0.2, 0.25) is 0 Å². The Labute approximate surface area is 189 Å². The van der Waals surface area contributed by atoms with Gasteiger partial charge in [-0.1, -0.05) is 41.5 Å². The fraction of sp³-hybridized carbons (Fsp3) is 0.964. The number of hydrogen-bond acceptors (Lipinski definition) is 2. The van der Waals surface area contributed by atoms with Crippen LogP contribution < -0.4 is 0 Å². The van der Waals surface area contributed by atoms with Gasteiger partial charge in [0, 0.05) is 0 Å². The quantitative estimate of drug-likeness (QED) is 0.497. The number of rotatable bonds is 1. The molecule has 3 heteroatoms. The van der Waals surface area contributed by atoms with Crippen molar-refractivity contribution < 1.29 is 15.0 Å². The molecule has 5 fully saturated rings. The lowest BCUT2D eigenvalue weighted by Crippen LogP contribution is -2.67. The van der Waals surface area contributed by atoms with Crippen molar-refractivity contribution in [3.63, 3.8) is 0 Å². The Kier molecular flexibility index (Phi) is 4.67. The van der Waals surface area contributed by atoms with Gasteiger partial charge in [-0.2, -0.15) is 0 Å². The number of carboxylic acids is 1. The molecule has 10 atom stereocenters. The molecule has 0 unspecified atom stereocenters. The molecule has 176 valence electrons. The molecule has 5 aliphatic rings. The van der Waals surface area contributed by atoms with Crippen LogP contribution in [0.15, 0.2) is 0 Å². The van der Waals surface area contributed by atoms with Crippen LogP contribution in [0.2, 0.25) is 0 Å². The number of fused-ring (bicyclic) bond motifs is 7. The van der Waals surface area contributed by atoms with Crippen LogP contribution in [0.1, 0.15) is 106 Å². The van der Waals surface area contributed by atoms with Gasteiger partial charge < -0.3 is 10.2 Å². The van der Waals surface area contributed by atoms with Gasteiger partial charge in [-0.25, -0.2) is 0 Å². The SMILES string of the molecule is C[C@@H]1CC[C@]2(C(=O)O)CC[C@]3(C)[C@H](CC[C@@H]4[C@@]5(C)CC[C@H](O)C(C)(C)[C@@H]5CC[C@]43C)[C@@H]12. The summed E-state index contributed by atoms with van der Waals surface area (Å²) in [5, 5.41) is 21.2. The number of carboxylic acid groups (broad SMARTS) is 1. The molecule has 0 amide bonds. The van der Waals surface area contributed by atoms with Crippen molar-refractivity contribution in [3.05, 3.63) is 0 Å². The molecule has 0 radical (unpaired) electrons. The first-order valence-corrected chi connectivity index (χ1v) is 13.3. The van der Waals surface area contributed by atoms with Gasteiger partial charge in [-0.15, -0.1) is 0 Å². The Bertz CT molecular complexity index is 774. The summed E-state index contributed by atoms with van der Waals surface area (Å²) in [7, 11) is 0. The average molecular weight is 431 g/mol. The van der Waals surface area contributed by atoms with E-state index in [0.29, 0.717) is 35.0 Å². The summed E-state index contributed by atoms with van der Waals surface area (Å²) in [6.45, 7) is 14.7. The third kappa shape index (κ3) is 2.48. The highest BCUT2D eigenvalue weighted by Gasteiger charge is 2.71. The maximum atomic E-state index is 12.6. The molecule has 0 heterocycles. The second-order valence-electron chi connectivity index (χ2n) is 14.0. The molecule has 0 aliphatic heterocycles. The fourth-order valence-electron chi connectivity index (χ4n) is 11.3. The molecule has 2 N–H and O–H groups in total. The van der Waals surface area contributed by atoms with Gasteiger partial charge in [0.15, 0.2) is 0 Å². The van der Waals surface area contributed by atoms with E-state index in [0.717, 1.165) is 38.5 Å². The minimum atomic E-state index is -0.505. The number of aliphatic hydroxyl groups excluding tert-OH is 1. The third-order valence-corrected chi connectivity index (χ3v) is 13.2. The van der Waals surface area contributed by atoms with Crippen LogP contribution in [0.5, 0.6) is 0 Å². The molecule has 0 aromatic carbocycles. The minimum absolute atomic E-state index is 0.00290. The molecule has 0 spiro atoms. The van der Waals surface area contributed by atoms with E-state index in [1.807, 2.05) is 0 Å². The Morgan fingerprint density at radius 3 is 2.16 bits per heavy atom. The van der Waals surface area contributed by atoms with Crippen molar-refractivity contribution in [3.8, 4) is 0 Å². The molecule has 31 heavy (non-hydrogen) atoms. The van der Waals surface area contributed by atoms with Crippen molar-refractivity contribution in [1.29, 1.82) is 0 Å². The Balaban J connectivity index is 1.55. The second-order valence-corrected chi connectivity index (χ2v) is 14.0. The van der Waals surface area contributed by atoms with E-state index >= 15 is 0 Å². The van der Waals surface area contributed by atoms with Crippen LogP contribution in [0.25, 0.3) is 0 Å². The highest BCUT2D eigenvalue weighted by Crippen LogP contribution is 2.77. The third-order valence-electron chi connectivity index (χ3n) is 13.2. The van der Waals surface area contributed by atoms with Crippen LogP contribution in [0.3, 0.4) is 0 Å². The Hall–Kier alpha value is -0.570. The summed E-state index contributed by atoms with van der Waals surface area (Å²) in [5.74, 6) is 2.23. The van der Waals surface area contributed by atoms with Gasteiger partial charge in [-0.3, -0.25) is 4.79 Å². The maximum absolute atomic E-state index is 12.6. The van der Waals surface area contributed by atoms with Crippen LogP contribution in [-0.4, -0.2) is 22.3 Å². The zero-order valence-corrected chi connectivity index (χ0v) is 20.8. The van der Waals surface area contributed by atoms with Gasteiger partial charge in [0.25, 0.3) is 0 Å². The summed E-state index contributed by atoms with van der Waals surface area (Å²) in [6, 6.07) is 0. The van der Waals surface area contributed by atoms with Crippen molar-refractivity contribution in [2.75, 3.05) is 0 Å². The topological polar surface area (TPSA) is 57.5 Å². The van der Waals surface area contributed by atoms with Crippen molar-refractivity contribution in [1.82, 2.24) is 0 Å². The first-order chi connectivity index (χ1) is 14.3. The number of aliphatic carboxylic acids is 1. The molecule has 0 aromatic heterocycles. The largest absolute Gasteiger partial charge is 0.481 e. The van der Waals surface area contributed by atoms with E-state index in [2.05, 4.69) is 41.5 Å².